The van der Waals surface area contributed by atoms with Gasteiger partial charge in [-0.3, -0.25) is 4.79 Å². The molecule has 1 N–H and O–H groups in total. The van der Waals surface area contributed by atoms with Gasteiger partial charge in [0, 0.05) is 30.8 Å². The average Bonchev–Trinajstić information content (AvgIpc) is 3.70. The van der Waals surface area contributed by atoms with Gasteiger partial charge in [0.1, 0.15) is 5.76 Å². The van der Waals surface area contributed by atoms with E-state index in [9.17, 15) is 9.90 Å². The number of carbonyl (C=O) groups is 1. The Balaban J connectivity index is 2.05. The fraction of sp³-hybridized carbons (Fsp3) is 0.324. The van der Waals surface area contributed by atoms with Crippen molar-refractivity contribution in [3.05, 3.63) is 130 Å². The molecule has 0 saturated heterocycles. The Bertz CT molecular complexity index is 1230. The lowest BCUT2D eigenvalue weighted by Crippen LogP contribution is -2.26. The second kappa shape index (κ2) is 12.6. The van der Waals surface area contributed by atoms with Gasteiger partial charge in [0.05, 0.1) is 5.57 Å². The van der Waals surface area contributed by atoms with Gasteiger partial charge in [-0.1, -0.05) is 67.3 Å². The lowest BCUT2D eigenvalue weighted by Gasteiger charge is -2.34. The molecule has 0 spiro atoms. The Morgan fingerprint density at radius 2 is 1.92 bits per heavy atom. The first-order chi connectivity index (χ1) is 17.7. The zero-order chi connectivity index (χ0) is 27.1. The fourth-order valence-corrected chi connectivity index (χ4v) is 5.07. The van der Waals surface area contributed by atoms with Crippen LogP contribution in [0.4, 0.5) is 0 Å². The highest BCUT2D eigenvalue weighted by atomic mass is 16.3. The van der Waals surface area contributed by atoms with Crippen LogP contribution in [0.15, 0.2) is 130 Å². The predicted molar refractivity (Wildman–Crippen MR) is 157 cm³/mol. The van der Waals surface area contributed by atoms with E-state index in [1.165, 1.54) is 48.1 Å². The number of aliphatic hydroxyl groups excluding tert-OH is 1. The number of rotatable bonds is 11. The minimum Gasteiger partial charge on any atom is -0.507 e. The third-order valence-corrected chi connectivity index (χ3v) is 7.10. The number of fused-ring (bicyclic) bond motifs is 1. The highest BCUT2D eigenvalue weighted by Crippen LogP contribution is 2.47. The first kappa shape index (κ1) is 28.0. The molecule has 0 amide bonds. The third-order valence-electron chi connectivity index (χ3n) is 7.10. The smallest absolute Gasteiger partial charge is 0.163 e. The summed E-state index contributed by atoms with van der Waals surface area (Å²) in [5, 5.41) is 10.6. The molecule has 1 atom stereocenters. The summed E-state index contributed by atoms with van der Waals surface area (Å²) in [6.45, 7) is 16.4. The Labute approximate surface area is 223 Å². The van der Waals surface area contributed by atoms with E-state index in [4.69, 9.17) is 0 Å². The Hall–Kier alpha value is -3.59. The topological polar surface area (TPSA) is 40.5 Å². The second-order valence-electron chi connectivity index (χ2n) is 10.2. The van der Waals surface area contributed by atoms with Crippen LogP contribution in [0.25, 0.3) is 0 Å². The van der Waals surface area contributed by atoms with Crippen LogP contribution in [0.3, 0.4) is 0 Å². The van der Waals surface area contributed by atoms with E-state index < -0.39 is 0 Å². The monoisotopic (exact) mass is 495 g/mol. The summed E-state index contributed by atoms with van der Waals surface area (Å²) in [7, 11) is 2.03. The lowest BCUT2D eigenvalue weighted by molar-refractivity contribution is -0.113. The Morgan fingerprint density at radius 1 is 1.19 bits per heavy atom. The minimum absolute atomic E-state index is 0.0297. The summed E-state index contributed by atoms with van der Waals surface area (Å²) in [5.74, 6) is 0.618. The van der Waals surface area contributed by atoms with Crippen LogP contribution in [0.2, 0.25) is 0 Å². The fourth-order valence-electron chi connectivity index (χ4n) is 5.07. The van der Waals surface area contributed by atoms with Crippen LogP contribution in [-0.4, -0.2) is 29.4 Å². The molecular weight excluding hydrogens is 454 g/mol. The zero-order valence-electron chi connectivity index (χ0n) is 23.1. The summed E-state index contributed by atoms with van der Waals surface area (Å²) < 4.78 is 0. The molecule has 3 heteroatoms. The van der Waals surface area contributed by atoms with Gasteiger partial charge in [0.15, 0.2) is 5.78 Å². The Kier molecular flexibility index (Phi) is 9.52. The molecule has 0 aliphatic heterocycles. The maximum atomic E-state index is 12.0. The molecule has 3 nitrogen and oxygen atoms in total. The summed E-state index contributed by atoms with van der Waals surface area (Å²) in [5.41, 5.74) is 8.94. The van der Waals surface area contributed by atoms with Crippen molar-refractivity contribution in [3.63, 3.8) is 0 Å². The summed E-state index contributed by atoms with van der Waals surface area (Å²) >= 11 is 0. The molecule has 0 heterocycles. The maximum Gasteiger partial charge on any atom is 0.163 e. The highest BCUT2D eigenvalue weighted by molar-refractivity contribution is 5.97. The summed E-state index contributed by atoms with van der Waals surface area (Å²) in [6.07, 6.45) is 25.5. The number of aliphatic hydroxyl groups is 1. The molecule has 0 aromatic carbocycles. The van der Waals surface area contributed by atoms with Crippen LogP contribution in [0.5, 0.6) is 0 Å². The summed E-state index contributed by atoms with van der Waals surface area (Å²) in [6, 6.07) is 0. The normalized spacial score (nSPS) is 20.7. The first-order valence-electron chi connectivity index (χ1n) is 13.1. The predicted octanol–water partition coefficient (Wildman–Crippen LogP) is 8.19. The number of hydrogen-bond acceptors (Lipinski definition) is 3. The number of carbonyl (C=O) groups excluding carboxylic acids is 1. The first-order valence-corrected chi connectivity index (χ1v) is 13.1. The molecule has 194 valence electrons. The molecule has 1 unspecified atom stereocenters. The quantitative estimate of drug-likeness (QED) is 0.178. The van der Waals surface area contributed by atoms with Crippen molar-refractivity contribution in [2.24, 2.45) is 11.8 Å². The molecule has 37 heavy (non-hydrogen) atoms. The van der Waals surface area contributed by atoms with Crippen LogP contribution >= 0.6 is 0 Å². The number of ketones is 1. The van der Waals surface area contributed by atoms with Crippen molar-refractivity contribution in [2.75, 3.05) is 13.6 Å². The van der Waals surface area contributed by atoms with Gasteiger partial charge in [-0.2, -0.15) is 0 Å². The number of nitrogens with zero attached hydrogens (tertiary/aromatic N) is 1. The second-order valence-corrected chi connectivity index (χ2v) is 10.2. The standard InChI is InChI=1S/C34H41NO2/c1-8-10-14-23(3)21-24(4)31-22-32-28(15-11-12-16-30(32)27-17-18-27)25(5)34(31)35(7)20-19-33(37)29(13-9-2)26(6)36/h8-16,19,22,27-28,37H,2,4,17-18,20-21H2,1,3,5-7H3/b10-8-,23-14-,29-13-,33-19+. The minimum atomic E-state index is -0.194. The molecule has 0 bridgehead atoms. The number of hydrogen-bond donors (Lipinski definition) is 1. The molecule has 1 fully saturated rings. The molecule has 3 aliphatic rings. The SMILES string of the molecule is C=C/C=C(C(C)=O)\C(O)=C/CN(C)C1=C(C)C2C=CC=CC(C3CC3)=C2C=C1C(=C)C/C(C)=C\C=C/C. The lowest BCUT2D eigenvalue weighted by atomic mass is 9.77. The van der Waals surface area contributed by atoms with Crippen molar-refractivity contribution in [1.82, 2.24) is 4.90 Å². The van der Waals surface area contributed by atoms with E-state index in [1.54, 1.807) is 12.2 Å². The number of likely N-dealkylation sites (N-methyl/N-ethyl adjacent to an activating group) is 1. The van der Waals surface area contributed by atoms with Gasteiger partial charge in [-0.25, -0.2) is 0 Å². The molecule has 3 rings (SSSR count). The molecule has 3 aliphatic carbocycles. The van der Waals surface area contributed by atoms with Crippen LogP contribution < -0.4 is 0 Å². The summed E-state index contributed by atoms with van der Waals surface area (Å²) in [4.78, 5) is 14.1. The van der Waals surface area contributed by atoms with E-state index >= 15 is 0 Å². The highest BCUT2D eigenvalue weighted by Gasteiger charge is 2.33. The van der Waals surface area contributed by atoms with E-state index in [0.29, 0.717) is 12.5 Å². The largest absolute Gasteiger partial charge is 0.507 e. The van der Waals surface area contributed by atoms with Crippen molar-refractivity contribution in [3.8, 4) is 0 Å². The van der Waals surface area contributed by atoms with Crippen molar-refractivity contribution in [1.29, 1.82) is 0 Å². The molecular formula is C34H41NO2. The Morgan fingerprint density at radius 3 is 2.54 bits per heavy atom. The molecule has 0 radical (unpaired) electrons. The van der Waals surface area contributed by atoms with E-state index in [0.717, 1.165) is 23.3 Å². The van der Waals surface area contributed by atoms with Gasteiger partial charge in [0.25, 0.3) is 0 Å². The van der Waals surface area contributed by atoms with Gasteiger partial charge < -0.3 is 10.0 Å². The average molecular weight is 496 g/mol. The van der Waals surface area contributed by atoms with Crippen molar-refractivity contribution < 1.29 is 9.90 Å². The van der Waals surface area contributed by atoms with E-state index in [-0.39, 0.29) is 23.0 Å². The molecule has 1 saturated carbocycles. The van der Waals surface area contributed by atoms with Gasteiger partial charge >= 0.3 is 0 Å². The molecule has 0 aromatic rings. The molecule has 0 aromatic heterocycles. The van der Waals surface area contributed by atoms with Crippen LogP contribution in [0, 0.1) is 11.8 Å². The van der Waals surface area contributed by atoms with E-state index in [1.807, 2.05) is 20.0 Å². The van der Waals surface area contributed by atoms with Crippen LogP contribution in [0.1, 0.15) is 47.0 Å². The van der Waals surface area contributed by atoms with Crippen molar-refractivity contribution >= 4 is 5.78 Å². The van der Waals surface area contributed by atoms with Crippen LogP contribution in [-0.2, 0) is 4.79 Å². The zero-order valence-corrected chi connectivity index (χ0v) is 23.1. The maximum absolute atomic E-state index is 12.0. The van der Waals surface area contributed by atoms with E-state index in [2.05, 4.69) is 74.4 Å². The third kappa shape index (κ3) is 6.80. The van der Waals surface area contributed by atoms with Gasteiger partial charge in [-0.05, 0) is 93.4 Å². The number of allylic oxidation sites excluding steroid dienone is 16. The number of Topliss-reactive ketones (excluding diaryl/α,β-unsaturated/α-hetero) is 1. The van der Waals surface area contributed by atoms with Crippen molar-refractivity contribution in [2.45, 2.75) is 47.0 Å². The van der Waals surface area contributed by atoms with Gasteiger partial charge in [-0.15, -0.1) is 0 Å². The van der Waals surface area contributed by atoms with Gasteiger partial charge in [0.2, 0.25) is 0 Å².